The standard InChI is InChI=1S/C38H66N4O7/c1-29(2)42(30(3)4)28-41-24-16-8-13-21-37(45)49-34-26-32(47-35(43)19-11-6-14-22-39)25-33(48-36(44)20-12-7-15-23-40)38(34)46-27-31-17-9-5-10-18-31/h5,9-10,17-18,29-30,32-34,38,41H,6-8,11-16,19-28,39-40H2,1-4H3. The van der Waals surface area contributed by atoms with Gasteiger partial charge in [0.15, 0.2) is 0 Å². The number of unbranched alkanes of at least 4 members (excludes halogenated alkanes) is 6. The third-order valence-corrected chi connectivity index (χ3v) is 8.90. The van der Waals surface area contributed by atoms with Crippen LogP contribution in [0.2, 0.25) is 0 Å². The number of rotatable bonds is 26. The highest BCUT2D eigenvalue weighted by molar-refractivity contribution is 5.71. The number of carbonyl (C=O) groups excluding carboxylic acids is 3. The molecule has 11 heteroatoms. The Kier molecular flexibility index (Phi) is 22.1. The summed E-state index contributed by atoms with van der Waals surface area (Å²) in [6, 6.07) is 10.6. The second kappa shape index (κ2) is 25.4. The lowest BCUT2D eigenvalue weighted by molar-refractivity contribution is -0.200. The molecule has 4 unspecified atom stereocenters. The van der Waals surface area contributed by atoms with Gasteiger partial charge < -0.3 is 35.7 Å². The molecule has 280 valence electrons. The molecule has 0 spiro atoms. The quantitative estimate of drug-likeness (QED) is 0.0498. The highest BCUT2D eigenvalue weighted by Crippen LogP contribution is 2.31. The molecule has 1 aliphatic carbocycles. The van der Waals surface area contributed by atoms with Gasteiger partial charge in [0, 0.05) is 50.9 Å². The van der Waals surface area contributed by atoms with Gasteiger partial charge in [-0.1, -0.05) is 49.6 Å². The van der Waals surface area contributed by atoms with Gasteiger partial charge in [0.1, 0.15) is 24.4 Å². The Morgan fingerprint density at radius 3 is 1.69 bits per heavy atom. The number of esters is 3. The third kappa shape index (κ3) is 18.3. The van der Waals surface area contributed by atoms with E-state index in [4.69, 9.17) is 30.4 Å². The molecule has 1 saturated carbocycles. The molecule has 1 aromatic rings. The molecule has 0 amide bonds. The fourth-order valence-corrected chi connectivity index (χ4v) is 6.18. The average molecular weight is 691 g/mol. The zero-order chi connectivity index (χ0) is 35.9. The lowest BCUT2D eigenvalue weighted by Gasteiger charge is -2.40. The maximum absolute atomic E-state index is 13.2. The van der Waals surface area contributed by atoms with Gasteiger partial charge in [-0.2, -0.15) is 0 Å². The molecule has 0 bridgehead atoms. The second-order valence-corrected chi connectivity index (χ2v) is 13.8. The highest BCUT2D eigenvalue weighted by atomic mass is 16.6. The van der Waals surface area contributed by atoms with Crippen molar-refractivity contribution in [3.63, 3.8) is 0 Å². The highest BCUT2D eigenvalue weighted by Gasteiger charge is 2.44. The lowest BCUT2D eigenvalue weighted by atomic mass is 9.88. The molecular formula is C38H66N4O7. The number of ether oxygens (including phenoxy) is 4. The number of benzene rings is 1. The molecule has 2 rings (SSSR count). The van der Waals surface area contributed by atoms with Crippen molar-refractivity contribution in [3.8, 4) is 0 Å². The number of nitrogens with one attached hydrogen (secondary N) is 1. The molecule has 0 aliphatic heterocycles. The number of nitrogens with zero attached hydrogens (tertiary/aromatic N) is 1. The van der Waals surface area contributed by atoms with Gasteiger partial charge in [0.2, 0.25) is 0 Å². The maximum atomic E-state index is 13.2. The van der Waals surface area contributed by atoms with Crippen LogP contribution in [0.3, 0.4) is 0 Å². The van der Waals surface area contributed by atoms with Gasteiger partial charge in [-0.3, -0.25) is 19.3 Å². The monoisotopic (exact) mass is 690 g/mol. The Hall–Kier alpha value is -2.57. The summed E-state index contributed by atoms with van der Waals surface area (Å²) in [5.41, 5.74) is 12.1. The van der Waals surface area contributed by atoms with E-state index in [0.717, 1.165) is 57.3 Å². The van der Waals surface area contributed by atoms with Crippen LogP contribution in [0.15, 0.2) is 30.3 Å². The van der Waals surface area contributed by atoms with Gasteiger partial charge in [-0.05, 0) is 91.4 Å². The van der Waals surface area contributed by atoms with E-state index < -0.39 is 24.4 Å². The first-order valence-electron chi connectivity index (χ1n) is 18.7. The van der Waals surface area contributed by atoms with Crippen molar-refractivity contribution in [3.05, 3.63) is 35.9 Å². The first-order chi connectivity index (χ1) is 23.6. The predicted octanol–water partition coefficient (Wildman–Crippen LogP) is 5.37. The zero-order valence-corrected chi connectivity index (χ0v) is 30.7. The van der Waals surface area contributed by atoms with E-state index in [-0.39, 0.29) is 56.6 Å². The minimum absolute atomic E-state index is 0.250. The van der Waals surface area contributed by atoms with Crippen LogP contribution < -0.4 is 16.8 Å². The Balaban J connectivity index is 2.06. The Morgan fingerprint density at radius 1 is 0.714 bits per heavy atom. The molecule has 5 N–H and O–H groups in total. The van der Waals surface area contributed by atoms with Crippen molar-refractivity contribution in [2.24, 2.45) is 11.5 Å². The van der Waals surface area contributed by atoms with E-state index in [0.29, 0.717) is 44.4 Å². The van der Waals surface area contributed by atoms with Crippen LogP contribution in [0.4, 0.5) is 0 Å². The second-order valence-electron chi connectivity index (χ2n) is 13.8. The summed E-state index contributed by atoms with van der Waals surface area (Å²) >= 11 is 0. The SMILES string of the molecule is CC(C)N(CNCCCCCC(=O)OC1CC(OC(=O)CCCCCN)CC(OC(=O)CCCCCN)C1OCc1ccccc1)C(C)C. The van der Waals surface area contributed by atoms with E-state index in [1.165, 1.54) is 0 Å². The summed E-state index contributed by atoms with van der Waals surface area (Å²) < 4.78 is 24.3. The van der Waals surface area contributed by atoms with Crippen molar-refractivity contribution in [2.45, 2.75) is 161 Å². The largest absolute Gasteiger partial charge is 0.462 e. The topological polar surface area (TPSA) is 155 Å². The van der Waals surface area contributed by atoms with Crippen molar-refractivity contribution in [2.75, 3.05) is 26.3 Å². The van der Waals surface area contributed by atoms with Crippen LogP contribution in [0.5, 0.6) is 0 Å². The minimum Gasteiger partial charge on any atom is -0.462 e. The van der Waals surface area contributed by atoms with Crippen molar-refractivity contribution >= 4 is 17.9 Å². The van der Waals surface area contributed by atoms with E-state index in [9.17, 15) is 14.4 Å². The zero-order valence-electron chi connectivity index (χ0n) is 30.7. The van der Waals surface area contributed by atoms with E-state index in [1.54, 1.807) is 0 Å². The summed E-state index contributed by atoms with van der Waals surface area (Å²) in [5, 5.41) is 3.51. The fourth-order valence-electron chi connectivity index (χ4n) is 6.18. The summed E-state index contributed by atoms with van der Waals surface area (Å²) in [6.45, 7) is 11.9. The molecule has 4 atom stereocenters. The first-order valence-corrected chi connectivity index (χ1v) is 18.7. The van der Waals surface area contributed by atoms with Crippen LogP contribution in [-0.4, -0.2) is 85.6 Å². The number of hydrogen-bond acceptors (Lipinski definition) is 11. The minimum atomic E-state index is -0.741. The molecule has 1 aliphatic rings. The van der Waals surface area contributed by atoms with Crippen molar-refractivity contribution in [1.82, 2.24) is 10.2 Å². The van der Waals surface area contributed by atoms with E-state index in [1.807, 2.05) is 30.3 Å². The van der Waals surface area contributed by atoms with Gasteiger partial charge in [0.25, 0.3) is 0 Å². The smallest absolute Gasteiger partial charge is 0.306 e. The Morgan fingerprint density at radius 2 is 1.20 bits per heavy atom. The van der Waals surface area contributed by atoms with Crippen molar-refractivity contribution < 1.29 is 33.3 Å². The molecular weight excluding hydrogens is 624 g/mol. The summed E-state index contributed by atoms with van der Waals surface area (Å²) in [7, 11) is 0. The Labute approximate surface area is 295 Å². The predicted molar refractivity (Wildman–Crippen MR) is 192 cm³/mol. The van der Waals surface area contributed by atoms with Crippen LogP contribution in [-0.2, 0) is 39.9 Å². The van der Waals surface area contributed by atoms with E-state index in [2.05, 4.69) is 37.9 Å². The normalized spacial score (nSPS) is 19.4. The van der Waals surface area contributed by atoms with Gasteiger partial charge >= 0.3 is 17.9 Å². The Bertz CT molecular complexity index is 1030. The van der Waals surface area contributed by atoms with Crippen molar-refractivity contribution in [1.29, 1.82) is 0 Å². The summed E-state index contributed by atoms with van der Waals surface area (Å²) in [6.07, 6.45) is 5.85. The maximum Gasteiger partial charge on any atom is 0.306 e. The lowest BCUT2D eigenvalue weighted by Crippen LogP contribution is -2.52. The fraction of sp³-hybridized carbons (Fsp3) is 0.763. The van der Waals surface area contributed by atoms with Crippen LogP contribution in [0.1, 0.15) is 123 Å². The van der Waals surface area contributed by atoms with Gasteiger partial charge in [-0.25, -0.2) is 0 Å². The van der Waals surface area contributed by atoms with E-state index >= 15 is 0 Å². The molecule has 1 fully saturated rings. The molecule has 0 aromatic heterocycles. The average Bonchev–Trinajstić information content (AvgIpc) is 3.06. The van der Waals surface area contributed by atoms with Gasteiger partial charge in [0.05, 0.1) is 6.61 Å². The van der Waals surface area contributed by atoms with Crippen LogP contribution in [0.25, 0.3) is 0 Å². The molecule has 0 radical (unpaired) electrons. The third-order valence-electron chi connectivity index (χ3n) is 8.90. The molecule has 49 heavy (non-hydrogen) atoms. The van der Waals surface area contributed by atoms with Crippen LogP contribution >= 0.6 is 0 Å². The first kappa shape index (κ1) is 42.6. The molecule has 11 nitrogen and oxygen atoms in total. The molecule has 0 heterocycles. The molecule has 1 aromatic carbocycles. The van der Waals surface area contributed by atoms with Crippen LogP contribution in [0, 0.1) is 0 Å². The number of hydrogen-bond donors (Lipinski definition) is 3. The molecule has 0 saturated heterocycles. The summed E-state index contributed by atoms with van der Waals surface area (Å²) in [5.74, 6) is -1.01. The van der Waals surface area contributed by atoms with Gasteiger partial charge in [-0.15, -0.1) is 0 Å². The number of nitrogens with two attached hydrogens (primary N) is 2. The summed E-state index contributed by atoms with van der Waals surface area (Å²) in [4.78, 5) is 41.3. The number of carbonyl (C=O) groups is 3.